The van der Waals surface area contributed by atoms with Crippen molar-refractivity contribution in [1.29, 1.82) is 0 Å². The second-order valence-electron chi connectivity index (χ2n) is 4.60. The molecule has 0 radical (unpaired) electrons. The van der Waals surface area contributed by atoms with Crippen LogP contribution in [0.25, 0.3) is 0 Å². The van der Waals surface area contributed by atoms with Gasteiger partial charge in [0.2, 0.25) is 0 Å². The molecule has 2 aromatic carbocycles. The number of hydrogen-bond donors (Lipinski definition) is 1. The average Bonchev–Trinajstić information content (AvgIpc) is 2.54. The third-order valence-corrected chi connectivity index (χ3v) is 6.44. The Labute approximate surface area is 118 Å². The van der Waals surface area contributed by atoms with E-state index in [0.29, 0.717) is 11.1 Å². The molecule has 0 heterocycles. The minimum atomic E-state index is -3.69. The van der Waals surface area contributed by atoms with Crippen LogP contribution in [0.1, 0.15) is 27.6 Å². The molecule has 0 bridgehead atoms. The van der Waals surface area contributed by atoms with Gasteiger partial charge in [0.25, 0.3) is 0 Å². The van der Waals surface area contributed by atoms with Gasteiger partial charge in [-0.1, -0.05) is 0 Å². The van der Waals surface area contributed by atoms with Gasteiger partial charge in [-0.05, 0) is 0 Å². The second-order valence-corrected chi connectivity index (χ2v) is 7.94. The third-order valence-electron chi connectivity index (χ3n) is 3.33. The Kier molecular flexibility index (Phi) is 4.43. The van der Waals surface area contributed by atoms with Gasteiger partial charge < -0.3 is 0 Å². The van der Waals surface area contributed by atoms with Gasteiger partial charge in [0.1, 0.15) is 0 Å². The van der Waals surface area contributed by atoms with E-state index in [0.717, 1.165) is 0 Å². The maximum atomic E-state index is 12.5. The molecule has 0 unspecified atom stereocenters. The molecular weight excluding hydrogens is 271 g/mol. The van der Waals surface area contributed by atoms with Gasteiger partial charge in [-0.25, -0.2) is 0 Å². The summed E-state index contributed by atoms with van der Waals surface area (Å²) in [5.41, 5.74) is -0.0514. The molecule has 0 aliphatic carbocycles. The predicted octanol–water partition coefficient (Wildman–Crippen LogP) is 3.34. The first kappa shape index (κ1) is 14.6. The van der Waals surface area contributed by atoms with E-state index in [1.807, 2.05) is 0 Å². The van der Waals surface area contributed by atoms with Gasteiger partial charge in [0, 0.05) is 0 Å². The Morgan fingerprint density at radius 3 is 1.50 bits per heavy atom. The molecule has 2 aromatic rings. The van der Waals surface area contributed by atoms with Crippen LogP contribution in [0.15, 0.2) is 60.7 Å². The van der Waals surface area contributed by atoms with Gasteiger partial charge >= 0.3 is 118 Å². The molecule has 0 amide bonds. The zero-order valence-corrected chi connectivity index (χ0v) is 12.2. The molecule has 3 nitrogen and oxygen atoms in total. The molecule has 0 saturated carbocycles. The molecule has 1 N–H and O–H groups in total. The molecule has 0 aliphatic rings. The van der Waals surface area contributed by atoms with E-state index >= 15 is 0 Å². The Morgan fingerprint density at radius 2 is 1.20 bits per heavy atom. The topological polar surface area (TPSA) is 54.4 Å². The van der Waals surface area contributed by atoms with Crippen LogP contribution in [0.2, 0.25) is 0 Å². The van der Waals surface area contributed by atoms with Crippen molar-refractivity contribution in [2.24, 2.45) is 0 Å². The quantitative estimate of drug-likeness (QED) is 0.858. The molecule has 0 aromatic heterocycles. The molecule has 0 fully saturated rings. The van der Waals surface area contributed by atoms with Gasteiger partial charge in [-0.3, -0.25) is 0 Å². The molecule has 4 heteroatoms. The summed E-state index contributed by atoms with van der Waals surface area (Å²) < 4.78 is 0. The molecule has 0 spiro atoms. The summed E-state index contributed by atoms with van der Waals surface area (Å²) in [6.45, 7) is 1.69. The van der Waals surface area contributed by atoms with Crippen LogP contribution in [0.5, 0.6) is 0 Å². The van der Waals surface area contributed by atoms with Crippen LogP contribution >= 0.6 is 7.49 Å². The van der Waals surface area contributed by atoms with Crippen LogP contribution < -0.4 is 0 Å². The van der Waals surface area contributed by atoms with Crippen molar-refractivity contribution < 1.29 is 14.5 Å². The van der Waals surface area contributed by atoms with Crippen LogP contribution in [0.3, 0.4) is 0 Å². The molecule has 0 atom stereocenters. The summed E-state index contributed by atoms with van der Waals surface area (Å²) >= 11 is 0. The third kappa shape index (κ3) is 2.69. The average molecular weight is 288 g/mol. The first-order chi connectivity index (χ1) is 9.59. The van der Waals surface area contributed by atoms with Crippen molar-refractivity contribution in [2.75, 3.05) is 6.16 Å². The zero-order chi connectivity index (χ0) is 14.6. The van der Waals surface area contributed by atoms with Crippen LogP contribution in [-0.2, 0) is 0 Å². The summed E-state index contributed by atoms with van der Waals surface area (Å²) in [5.74, 6) is 0. The Morgan fingerprint density at radius 1 is 0.850 bits per heavy atom. The van der Waals surface area contributed by atoms with Crippen molar-refractivity contribution in [2.45, 2.75) is 6.92 Å². The molecular formula is C16H17O3P. The SMILES string of the molecule is CC[PH](O)(C(=O)c1ccccc1)C(=O)c1ccccc1. The fourth-order valence-corrected chi connectivity index (χ4v) is 4.22. The molecule has 20 heavy (non-hydrogen) atoms. The standard InChI is InChI=1S/C16H17O3P/c1-2-20(19,15(17)13-9-5-3-6-10-13)16(18)14-11-7-4-8-12-14/h3-12,19-20H,2H2,1H3. The van der Waals surface area contributed by atoms with Crippen molar-refractivity contribution in [3.8, 4) is 0 Å². The fourth-order valence-electron chi connectivity index (χ4n) is 2.08. The van der Waals surface area contributed by atoms with Gasteiger partial charge in [-0.15, -0.1) is 0 Å². The molecule has 2 rings (SSSR count). The van der Waals surface area contributed by atoms with E-state index in [-0.39, 0.29) is 6.16 Å². The number of hydrogen-bond acceptors (Lipinski definition) is 3. The Hall–Kier alpha value is -1.83. The number of rotatable bonds is 5. The van der Waals surface area contributed by atoms with Crippen molar-refractivity contribution >= 4 is 18.5 Å². The summed E-state index contributed by atoms with van der Waals surface area (Å²) in [5, 5.41) is 0. The van der Waals surface area contributed by atoms with Gasteiger partial charge in [-0.2, -0.15) is 0 Å². The van der Waals surface area contributed by atoms with E-state index in [1.54, 1.807) is 67.6 Å². The summed E-state index contributed by atoms with van der Waals surface area (Å²) in [7, 11) is -3.69. The van der Waals surface area contributed by atoms with E-state index in [1.165, 1.54) is 0 Å². The normalized spacial score (nSPS) is 11.9. The first-order valence-electron chi connectivity index (χ1n) is 6.51. The van der Waals surface area contributed by atoms with Crippen molar-refractivity contribution in [3.63, 3.8) is 0 Å². The molecule has 0 aliphatic heterocycles. The van der Waals surface area contributed by atoms with Crippen LogP contribution in [-0.4, -0.2) is 22.1 Å². The molecule has 104 valence electrons. The fraction of sp³-hybridized carbons (Fsp3) is 0.125. The van der Waals surface area contributed by atoms with Crippen LogP contribution in [0, 0.1) is 0 Å². The summed E-state index contributed by atoms with van der Waals surface area (Å²) in [6, 6.07) is 17.0. The van der Waals surface area contributed by atoms with E-state index in [2.05, 4.69) is 0 Å². The molecule has 0 saturated heterocycles. The van der Waals surface area contributed by atoms with E-state index in [4.69, 9.17) is 0 Å². The van der Waals surface area contributed by atoms with Gasteiger partial charge in [0.05, 0.1) is 0 Å². The van der Waals surface area contributed by atoms with Crippen molar-refractivity contribution in [1.82, 2.24) is 0 Å². The first-order valence-corrected chi connectivity index (χ1v) is 8.67. The van der Waals surface area contributed by atoms with Crippen molar-refractivity contribution in [3.05, 3.63) is 71.8 Å². The Balaban J connectivity index is 2.39. The second kappa shape index (κ2) is 6.08. The number of carbonyl (C=O) groups is 2. The number of benzene rings is 2. The Bertz CT molecular complexity index is 557. The number of carbonyl (C=O) groups excluding carboxylic acids is 2. The minimum absolute atomic E-state index is 0.175. The summed E-state index contributed by atoms with van der Waals surface area (Å²) in [4.78, 5) is 35.7. The maximum absolute atomic E-state index is 12.5. The van der Waals surface area contributed by atoms with E-state index < -0.39 is 18.5 Å². The predicted molar refractivity (Wildman–Crippen MR) is 82.6 cm³/mol. The monoisotopic (exact) mass is 288 g/mol. The van der Waals surface area contributed by atoms with Crippen LogP contribution in [0.4, 0.5) is 0 Å². The zero-order valence-electron chi connectivity index (χ0n) is 11.2. The van der Waals surface area contributed by atoms with E-state index in [9.17, 15) is 14.5 Å². The van der Waals surface area contributed by atoms with Gasteiger partial charge in [0.15, 0.2) is 0 Å². The summed E-state index contributed by atoms with van der Waals surface area (Å²) in [6.07, 6.45) is 0.175.